The first kappa shape index (κ1) is 14.2. The van der Waals surface area contributed by atoms with Gasteiger partial charge in [-0.15, -0.1) is 0 Å². The molecular formula is C13H18BrNO2. The predicted octanol–water partition coefficient (Wildman–Crippen LogP) is 2.96. The molecule has 1 atom stereocenters. The number of ether oxygens (including phenoxy) is 1. The normalized spacial score (nSPS) is 12.2. The second-order valence-corrected chi connectivity index (χ2v) is 4.67. The number of nitrogens with two attached hydrogens (primary N) is 1. The highest BCUT2D eigenvalue weighted by Gasteiger charge is 2.13. The third-order valence-electron chi connectivity index (χ3n) is 2.58. The smallest absolute Gasteiger partial charge is 0.307 e. The summed E-state index contributed by atoms with van der Waals surface area (Å²) in [5.41, 5.74) is 8.14. The van der Waals surface area contributed by atoms with Crippen molar-refractivity contribution in [2.75, 3.05) is 6.61 Å². The van der Waals surface area contributed by atoms with Gasteiger partial charge in [-0.1, -0.05) is 35.0 Å². The maximum absolute atomic E-state index is 11.3. The molecule has 0 aliphatic rings. The minimum Gasteiger partial charge on any atom is -0.466 e. The Kier molecular flexibility index (Phi) is 5.65. The minimum atomic E-state index is -0.309. The topological polar surface area (TPSA) is 52.3 Å². The van der Waals surface area contributed by atoms with Crippen LogP contribution in [-0.4, -0.2) is 12.6 Å². The van der Waals surface area contributed by atoms with Crippen molar-refractivity contribution in [2.45, 2.75) is 32.7 Å². The summed E-state index contributed by atoms with van der Waals surface area (Å²) in [4.78, 5) is 11.3. The maximum atomic E-state index is 11.3. The van der Waals surface area contributed by atoms with Crippen LogP contribution >= 0.6 is 15.9 Å². The van der Waals surface area contributed by atoms with E-state index in [0.717, 1.165) is 16.5 Å². The largest absolute Gasteiger partial charge is 0.466 e. The van der Waals surface area contributed by atoms with Crippen LogP contribution in [0, 0.1) is 0 Å². The zero-order valence-corrected chi connectivity index (χ0v) is 11.8. The summed E-state index contributed by atoms with van der Waals surface area (Å²) in [6, 6.07) is 5.66. The molecule has 0 aliphatic heterocycles. The summed E-state index contributed by atoms with van der Waals surface area (Å²) in [6.07, 6.45) is 1.18. The molecule has 0 radical (unpaired) electrons. The van der Waals surface area contributed by atoms with E-state index in [-0.39, 0.29) is 18.4 Å². The number of aryl methyl sites for hydroxylation is 1. The summed E-state index contributed by atoms with van der Waals surface area (Å²) < 4.78 is 5.92. The molecule has 4 heteroatoms. The number of carbonyl (C=O) groups excluding carboxylic acids is 1. The maximum Gasteiger partial charge on any atom is 0.307 e. The molecule has 0 spiro atoms. The van der Waals surface area contributed by atoms with E-state index in [2.05, 4.69) is 22.9 Å². The van der Waals surface area contributed by atoms with E-state index in [0.29, 0.717) is 6.61 Å². The molecule has 0 saturated carbocycles. The van der Waals surface area contributed by atoms with Crippen LogP contribution in [0.25, 0.3) is 0 Å². The van der Waals surface area contributed by atoms with Gasteiger partial charge in [-0.25, -0.2) is 0 Å². The van der Waals surface area contributed by atoms with Crippen LogP contribution in [0.4, 0.5) is 0 Å². The van der Waals surface area contributed by atoms with Crippen LogP contribution in [0.15, 0.2) is 22.7 Å². The molecule has 2 N–H and O–H groups in total. The van der Waals surface area contributed by atoms with Gasteiger partial charge in [-0.2, -0.15) is 0 Å². The second kappa shape index (κ2) is 6.77. The Hall–Kier alpha value is -0.870. The van der Waals surface area contributed by atoms with Crippen molar-refractivity contribution in [3.05, 3.63) is 33.8 Å². The van der Waals surface area contributed by atoms with E-state index in [9.17, 15) is 4.79 Å². The number of carbonyl (C=O) groups is 1. The van der Waals surface area contributed by atoms with Gasteiger partial charge >= 0.3 is 5.97 Å². The van der Waals surface area contributed by atoms with Crippen molar-refractivity contribution >= 4 is 21.9 Å². The van der Waals surface area contributed by atoms with Crippen LogP contribution < -0.4 is 5.73 Å². The molecule has 0 amide bonds. The first-order valence-electron chi connectivity index (χ1n) is 5.78. The van der Waals surface area contributed by atoms with E-state index < -0.39 is 0 Å². The van der Waals surface area contributed by atoms with Gasteiger partial charge in [0.2, 0.25) is 0 Å². The highest BCUT2D eigenvalue weighted by Crippen LogP contribution is 2.23. The monoisotopic (exact) mass is 299 g/mol. The van der Waals surface area contributed by atoms with Crippen molar-refractivity contribution in [3.8, 4) is 0 Å². The van der Waals surface area contributed by atoms with Crippen LogP contribution in [0.1, 0.15) is 37.4 Å². The third kappa shape index (κ3) is 4.13. The average Bonchev–Trinajstić information content (AvgIpc) is 2.29. The molecule has 0 aliphatic carbocycles. The molecule has 0 unspecified atom stereocenters. The predicted molar refractivity (Wildman–Crippen MR) is 71.7 cm³/mol. The highest BCUT2D eigenvalue weighted by atomic mass is 79.9. The van der Waals surface area contributed by atoms with Gasteiger partial charge in [0.25, 0.3) is 0 Å². The van der Waals surface area contributed by atoms with Gasteiger partial charge in [0.15, 0.2) is 0 Å². The van der Waals surface area contributed by atoms with E-state index in [1.165, 1.54) is 5.56 Å². The molecular weight excluding hydrogens is 282 g/mol. The number of benzene rings is 1. The lowest BCUT2D eigenvalue weighted by atomic mass is 10.0. The fourth-order valence-corrected chi connectivity index (χ4v) is 2.28. The number of rotatable bonds is 5. The fourth-order valence-electron chi connectivity index (χ4n) is 1.60. The lowest BCUT2D eigenvalue weighted by Gasteiger charge is -2.13. The summed E-state index contributed by atoms with van der Waals surface area (Å²) in [7, 11) is 0. The molecule has 0 aromatic heterocycles. The minimum absolute atomic E-state index is 0.214. The van der Waals surface area contributed by atoms with Gasteiger partial charge in [0, 0.05) is 10.5 Å². The molecule has 1 aromatic rings. The van der Waals surface area contributed by atoms with Crippen molar-refractivity contribution in [1.29, 1.82) is 0 Å². The highest BCUT2D eigenvalue weighted by molar-refractivity contribution is 9.10. The Morgan fingerprint density at radius 2 is 2.18 bits per heavy atom. The van der Waals surface area contributed by atoms with Crippen molar-refractivity contribution in [2.24, 2.45) is 5.73 Å². The molecule has 17 heavy (non-hydrogen) atoms. The van der Waals surface area contributed by atoms with E-state index in [1.807, 2.05) is 18.2 Å². The van der Waals surface area contributed by atoms with E-state index >= 15 is 0 Å². The molecule has 3 nitrogen and oxygen atoms in total. The van der Waals surface area contributed by atoms with Gasteiger partial charge in [0.1, 0.15) is 0 Å². The molecule has 0 fully saturated rings. The summed E-state index contributed by atoms with van der Waals surface area (Å²) >= 11 is 3.50. The van der Waals surface area contributed by atoms with Gasteiger partial charge in [0.05, 0.1) is 13.0 Å². The second-order valence-electron chi connectivity index (χ2n) is 3.82. The summed E-state index contributed by atoms with van der Waals surface area (Å²) in [5.74, 6) is -0.254. The Morgan fingerprint density at radius 1 is 1.47 bits per heavy atom. The lowest BCUT2D eigenvalue weighted by molar-refractivity contribution is -0.143. The van der Waals surface area contributed by atoms with Crippen molar-refractivity contribution in [3.63, 3.8) is 0 Å². The average molecular weight is 300 g/mol. The molecule has 0 bridgehead atoms. The van der Waals surface area contributed by atoms with E-state index in [1.54, 1.807) is 6.92 Å². The Labute approximate surface area is 110 Å². The number of hydrogen-bond acceptors (Lipinski definition) is 3. The number of halogens is 1. The van der Waals surface area contributed by atoms with E-state index in [4.69, 9.17) is 10.5 Å². The first-order valence-corrected chi connectivity index (χ1v) is 6.57. The van der Waals surface area contributed by atoms with Gasteiger partial charge in [-0.05, 0) is 30.5 Å². The standard InChI is InChI=1S/C13H18BrNO2/c1-3-9-5-6-10(7-11(9)14)12(15)8-13(16)17-4-2/h5-7,12H,3-4,8,15H2,1-2H3/t12-/m0/s1. The number of esters is 1. The van der Waals surface area contributed by atoms with Gasteiger partial charge in [-0.3, -0.25) is 4.79 Å². The molecule has 94 valence electrons. The zero-order valence-electron chi connectivity index (χ0n) is 10.2. The van der Waals surface area contributed by atoms with Crippen LogP contribution in [0.2, 0.25) is 0 Å². The molecule has 0 heterocycles. The summed E-state index contributed by atoms with van der Waals surface area (Å²) in [5, 5.41) is 0. The third-order valence-corrected chi connectivity index (χ3v) is 3.32. The molecule has 0 saturated heterocycles. The molecule has 1 rings (SSSR count). The fraction of sp³-hybridized carbons (Fsp3) is 0.462. The van der Waals surface area contributed by atoms with Crippen molar-refractivity contribution < 1.29 is 9.53 Å². The Balaban J connectivity index is 2.72. The first-order chi connectivity index (χ1) is 8.08. The van der Waals surface area contributed by atoms with Crippen LogP contribution in [0.5, 0.6) is 0 Å². The lowest BCUT2D eigenvalue weighted by Crippen LogP contribution is -2.17. The SMILES string of the molecule is CCOC(=O)C[C@H](N)c1ccc(CC)c(Br)c1. The quantitative estimate of drug-likeness (QED) is 0.851. The molecule has 1 aromatic carbocycles. The Bertz CT molecular complexity index is 393. The summed E-state index contributed by atoms with van der Waals surface area (Å²) in [6.45, 7) is 4.28. The zero-order chi connectivity index (χ0) is 12.8. The number of hydrogen-bond donors (Lipinski definition) is 1. The van der Waals surface area contributed by atoms with Crippen LogP contribution in [0.3, 0.4) is 0 Å². The van der Waals surface area contributed by atoms with Crippen LogP contribution in [-0.2, 0) is 16.0 Å². The van der Waals surface area contributed by atoms with Gasteiger partial charge < -0.3 is 10.5 Å². The Morgan fingerprint density at radius 3 is 2.71 bits per heavy atom. The van der Waals surface area contributed by atoms with Crippen molar-refractivity contribution in [1.82, 2.24) is 0 Å².